The van der Waals surface area contributed by atoms with Crippen molar-refractivity contribution in [2.24, 2.45) is 4.99 Å². The number of allylic oxidation sites excluding steroid dienone is 1. The summed E-state index contributed by atoms with van der Waals surface area (Å²) in [5.41, 5.74) is 2.86. The first-order chi connectivity index (χ1) is 15.0. The summed E-state index contributed by atoms with van der Waals surface area (Å²) in [6, 6.07) is 16.9. The molecule has 7 heteroatoms. The summed E-state index contributed by atoms with van der Waals surface area (Å²) in [5, 5.41) is 0.376. The van der Waals surface area contributed by atoms with Crippen LogP contribution >= 0.6 is 11.8 Å². The van der Waals surface area contributed by atoms with Crippen molar-refractivity contribution in [2.45, 2.75) is 38.7 Å². The van der Waals surface area contributed by atoms with Crippen LogP contribution in [0.1, 0.15) is 37.9 Å². The van der Waals surface area contributed by atoms with Crippen molar-refractivity contribution < 1.29 is 19.1 Å². The predicted octanol–water partition coefficient (Wildman–Crippen LogP) is 4.48. The highest BCUT2D eigenvalue weighted by atomic mass is 32.2. The Bertz CT molecular complexity index is 1050. The third-order valence-corrected chi connectivity index (χ3v) is 6.25. The monoisotopic (exact) mass is 436 g/mol. The van der Waals surface area contributed by atoms with Gasteiger partial charge in [-0.25, -0.2) is 9.79 Å². The van der Waals surface area contributed by atoms with Crippen LogP contribution in [-0.2, 0) is 20.9 Å². The summed E-state index contributed by atoms with van der Waals surface area (Å²) in [6.07, 6.45) is 0. The van der Waals surface area contributed by atoms with E-state index in [0.717, 1.165) is 11.1 Å². The topological polar surface area (TPSA) is 68.2 Å². The fraction of sp³-hybridized carbons (Fsp3) is 0.292. The fourth-order valence-corrected chi connectivity index (χ4v) is 4.70. The van der Waals surface area contributed by atoms with Crippen LogP contribution in [0.5, 0.6) is 5.75 Å². The highest BCUT2D eigenvalue weighted by Crippen LogP contribution is 2.43. The van der Waals surface area contributed by atoms with Crippen LogP contribution in [0.15, 0.2) is 70.9 Å². The summed E-state index contributed by atoms with van der Waals surface area (Å²) in [6.45, 7) is 6.12. The van der Waals surface area contributed by atoms with Gasteiger partial charge in [0.2, 0.25) is 5.91 Å². The number of hydrogen-bond donors (Lipinski definition) is 0. The molecule has 4 rings (SSSR count). The molecule has 0 aliphatic carbocycles. The number of thioether (sulfide) groups is 1. The molecule has 2 atom stereocenters. The number of ether oxygens (including phenoxy) is 2. The zero-order valence-electron chi connectivity index (χ0n) is 17.7. The molecular formula is C24H24N2O4S. The lowest BCUT2D eigenvalue weighted by atomic mass is 9.94. The normalized spacial score (nSPS) is 20.4. The van der Waals surface area contributed by atoms with E-state index in [-0.39, 0.29) is 17.8 Å². The van der Waals surface area contributed by atoms with Crippen LogP contribution in [0.3, 0.4) is 0 Å². The van der Waals surface area contributed by atoms with Gasteiger partial charge in [-0.1, -0.05) is 54.2 Å². The van der Waals surface area contributed by atoms with Crippen LogP contribution in [0.2, 0.25) is 0 Å². The molecule has 0 bridgehead atoms. The maximum Gasteiger partial charge on any atom is 0.338 e. The number of carbonyl (C=O) groups is 2. The Labute approximate surface area is 185 Å². The number of amides is 1. The van der Waals surface area contributed by atoms with E-state index in [1.54, 1.807) is 18.7 Å². The smallest absolute Gasteiger partial charge is 0.338 e. The van der Waals surface area contributed by atoms with Crippen molar-refractivity contribution in [3.8, 4) is 5.75 Å². The number of rotatable bonds is 6. The van der Waals surface area contributed by atoms with Gasteiger partial charge in [-0.2, -0.15) is 0 Å². The zero-order chi connectivity index (χ0) is 22.0. The Morgan fingerprint density at radius 2 is 1.84 bits per heavy atom. The lowest BCUT2D eigenvalue weighted by Gasteiger charge is -2.33. The second-order valence-electron chi connectivity index (χ2n) is 7.33. The first-order valence-electron chi connectivity index (χ1n) is 10.2. The lowest BCUT2D eigenvalue weighted by molar-refractivity contribution is -0.139. The third-order valence-electron chi connectivity index (χ3n) is 5.20. The zero-order valence-corrected chi connectivity index (χ0v) is 18.5. The standard InChI is InChI=1S/C24H24N2O4S/c1-4-29-23(28)20-15(2)25-24-26(22(27)16(3)31-24)21(20)18-10-12-19(13-11-18)30-14-17-8-6-5-7-9-17/h5-13,16,21H,4,14H2,1-3H3. The van der Waals surface area contributed by atoms with E-state index in [0.29, 0.717) is 28.8 Å². The average Bonchev–Trinajstić information content (AvgIpc) is 3.05. The molecule has 0 spiro atoms. The van der Waals surface area contributed by atoms with Crippen LogP contribution in [-0.4, -0.2) is 33.8 Å². The molecule has 2 aliphatic heterocycles. The number of esters is 1. The van der Waals surface area contributed by atoms with Crippen molar-refractivity contribution in [3.63, 3.8) is 0 Å². The minimum atomic E-state index is -0.570. The van der Waals surface area contributed by atoms with E-state index < -0.39 is 12.0 Å². The number of carbonyl (C=O) groups excluding carboxylic acids is 2. The molecule has 2 aromatic carbocycles. The summed E-state index contributed by atoms with van der Waals surface area (Å²) in [7, 11) is 0. The van der Waals surface area contributed by atoms with E-state index in [1.165, 1.54) is 11.8 Å². The van der Waals surface area contributed by atoms with E-state index in [1.807, 2.05) is 61.5 Å². The van der Waals surface area contributed by atoms with Gasteiger partial charge >= 0.3 is 5.97 Å². The van der Waals surface area contributed by atoms with Gasteiger partial charge in [0.05, 0.1) is 29.2 Å². The number of hydrogen-bond acceptors (Lipinski definition) is 6. The molecule has 0 N–H and O–H groups in total. The van der Waals surface area contributed by atoms with Crippen LogP contribution < -0.4 is 4.74 Å². The molecule has 2 unspecified atom stereocenters. The minimum absolute atomic E-state index is 0.0625. The fourth-order valence-electron chi connectivity index (χ4n) is 3.68. The van der Waals surface area contributed by atoms with E-state index >= 15 is 0 Å². The Morgan fingerprint density at radius 1 is 1.13 bits per heavy atom. The maximum atomic E-state index is 12.9. The van der Waals surface area contributed by atoms with Gasteiger partial charge in [0, 0.05) is 0 Å². The van der Waals surface area contributed by atoms with Gasteiger partial charge in [-0.05, 0) is 44.0 Å². The Hall–Kier alpha value is -3.06. The molecule has 2 aromatic rings. The number of amidine groups is 1. The molecule has 1 amide bonds. The highest BCUT2D eigenvalue weighted by Gasteiger charge is 2.46. The lowest BCUT2D eigenvalue weighted by Crippen LogP contribution is -2.40. The Morgan fingerprint density at radius 3 is 2.52 bits per heavy atom. The number of fused-ring (bicyclic) bond motifs is 1. The number of benzene rings is 2. The molecule has 2 aliphatic rings. The summed E-state index contributed by atoms with van der Waals surface area (Å²) < 4.78 is 11.2. The van der Waals surface area contributed by atoms with E-state index in [4.69, 9.17) is 9.47 Å². The van der Waals surface area contributed by atoms with Crippen LogP contribution in [0.4, 0.5) is 0 Å². The van der Waals surface area contributed by atoms with Gasteiger partial charge in [0.1, 0.15) is 12.4 Å². The Kier molecular flexibility index (Phi) is 6.13. The molecule has 0 saturated carbocycles. The molecule has 0 aromatic heterocycles. The SMILES string of the molecule is CCOC(=O)C1=C(C)N=C2SC(C)C(=O)N2C1c1ccc(OCc2ccccc2)cc1. The van der Waals surface area contributed by atoms with Gasteiger partial charge in [0.15, 0.2) is 5.17 Å². The number of aliphatic imine (C=N–C) groups is 1. The average molecular weight is 437 g/mol. The first kappa shape index (κ1) is 21.2. The molecule has 6 nitrogen and oxygen atoms in total. The summed E-state index contributed by atoms with van der Waals surface area (Å²) in [4.78, 5) is 31.8. The molecule has 0 radical (unpaired) electrons. The highest BCUT2D eigenvalue weighted by molar-refractivity contribution is 8.15. The third kappa shape index (κ3) is 4.23. The Balaban J connectivity index is 1.63. The van der Waals surface area contributed by atoms with Crippen LogP contribution in [0.25, 0.3) is 0 Å². The first-order valence-corrected chi connectivity index (χ1v) is 11.1. The van der Waals surface area contributed by atoms with Gasteiger partial charge in [0.25, 0.3) is 0 Å². The van der Waals surface area contributed by atoms with E-state index in [2.05, 4.69) is 4.99 Å². The maximum absolute atomic E-state index is 12.9. The van der Waals surface area contributed by atoms with Crippen molar-refractivity contribution in [2.75, 3.05) is 6.61 Å². The molecule has 1 saturated heterocycles. The molecule has 1 fully saturated rings. The summed E-state index contributed by atoms with van der Waals surface area (Å²) >= 11 is 1.41. The van der Waals surface area contributed by atoms with E-state index in [9.17, 15) is 9.59 Å². The van der Waals surface area contributed by atoms with Gasteiger partial charge in [-0.15, -0.1) is 0 Å². The molecule has 31 heavy (non-hydrogen) atoms. The molecule has 160 valence electrons. The molecule has 2 heterocycles. The number of nitrogens with zero attached hydrogens (tertiary/aromatic N) is 2. The van der Waals surface area contributed by atoms with Crippen LogP contribution in [0, 0.1) is 0 Å². The quantitative estimate of drug-likeness (QED) is 0.625. The largest absolute Gasteiger partial charge is 0.489 e. The predicted molar refractivity (Wildman–Crippen MR) is 121 cm³/mol. The van der Waals surface area contributed by atoms with Crippen molar-refractivity contribution in [1.82, 2.24) is 4.90 Å². The van der Waals surface area contributed by atoms with Crippen molar-refractivity contribution in [1.29, 1.82) is 0 Å². The van der Waals surface area contributed by atoms with Crippen molar-refractivity contribution in [3.05, 3.63) is 77.0 Å². The van der Waals surface area contributed by atoms with Gasteiger partial charge < -0.3 is 9.47 Å². The van der Waals surface area contributed by atoms with Crippen molar-refractivity contribution >= 4 is 28.8 Å². The second kappa shape index (κ2) is 8.98. The molecular weight excluding hydrogens is 412 g/mol. The van der Waals surface area contributed by atoms with Gasteiger partial charge in [-0.3, -0.25) is 9.69 Å². The second-order valence-corrected chi connectivity index (χ2v) is 8.64. The minimum Gasteiger partial charge on any atom is -0.489 e. The summed E-state index contributed by atoms with van der Waals surface area (Å²) in [5.74, 6) is 0.202.